The molecule has 2 nitrogen and oxygen atoms in total. The standard InChI is InChI=1S/C14H14FNO/c1-11(17)16-14(15)9-7-13(8-10-14)12-5-3-2-4-6-12/h2-9H,10H2,1H3,(H,16,17). The first-order valence-electron chi connectivity index (χ1n) is 5.51. The number of benzene rings is 1. The van der Waals surface area contributed by atoms with E-state index in [1.54, 1.807) is 12.2 Å². The van der Waals surface area contributed by atoms with E-state index in [-0.39, 0.29) is 12.3 Å². The minimum absolute atomic E-state index is 0.160. The maximum absolute atomic E-state index is 14.0. The minimum Gasteiger partial charge on any atom is -0.321 e. The van der Waals surface area contributed by atoms with E-state index < -0.39 is 5.79 Å². The Bertz CT molecular complexity index is 478. The molecule has 1 atom stereocenters. The SMILES string of the molecule is CC(=O)NC1(F)C=CC(c2ccccc2)=CC1. The molecular formula is C14H14FNO. The van der Waals surface area contributed by atoms with E-state index in [1.807, 2.05) is 30.3 Å². The first kappa shape index (κ1) is 11.6. The molecule has 0 radical (unpaired) electrons. The molecule has 0 spiro atoms. The smallest absolute Gasteiger partial charge is 0.219 e. The van der Waals surface area contributed by atoms with Crippen molar-refractivity contribution in [1.82, 2.24) is 5.32 Å². The van der Waals surface area contributed by atoms with Crippen molar-refractivity contribution >= 4 is 11.5 Å². The second-order valence-electron chi connectivity index (χ2n) is 4.11. The van der Waals surface area contributed by atoms with Crippen molar-refractivity contribution < 1.29 is 9.18 Å². The predicted octanol–water partition coefficient (Wildman–Crippen LogP) is 2.83. The van der Waals surface area contributed by atoms with E-state index in [0.29, 0.717) is 0 Å². The van der Waals surface area contributed by atoms with Crippen LogP contribution in [0.25, 0.3) is 5.57 Å². The van der Waals surface area contributed by atoms with Crippen LogP contribution in [0.15, 0.2) is 48.6 Å². The molecule has 1 aliphatic rings. The summed E-state index contributed by atoms with van der Waals surface area (Å²) >= 11 is 0. The van der Waals surface area contributed by atoms with Gasteiger partial charge in [0.1, 0.15) is 0 Å². The Labute approximate surface area is 99.8 Å². The molecule has 1 aromatic rings. The molecule has 0 bridgehead atoms. The van der Waals surface area contributed by atoms with Crippen LogP contribution in [0.4, 0.5) is 4.39 Å². The van der Waals surface area contributed by atoms with E-state index in [2.05, 4.69) is 5.32 Å². The molecule has 17 heavy (non-hydrogen) atoms. The molecule has 88 valence electrons. The van der Waals surface area contributed by atoms with Gasteiger partial charge in [-0.2, -0.15) is 0 Å². The van der Waals surface area contributed by atoms with E-state index in [0.717, 1.165) is 11.1 Å². The zero-order valence-electron chi connectivity index (χ0n) is 9.61. The fourth-order valence-corrected chi connectivity index (χ4v) is 1.85. The Morgan fingerprint density at radius 2 is 2.06 bits per heavy atom. The van der Waals surface area contributed by atoms with Crippen LogP contribution in [0.5, 0.6) is 0 Å². The Morgan fingerprint density at radius 3 is 2.59 bits per heavy atom. The monoisotopic (exact) mass is 231 g/mol. The third-order valence-electron chi connectivity index (χ3n) is 2.64. The average Bonchev–Trinajstić information content (AvgIpc) is 2.29. The summed E-state index contributed by atoms with van der Waals surface area (Å²) in [7, 11) is 0. The average molecular weight is 231 g/mol. The molecule has 3 heteroatoms. The van der Waals surface area contributed by atoms with Gasteiger partial charge in [0.25, 0.3) is 0 Å². The van der Waals surface area contributed by atoms with Crippen LogP contribution in [0, 0.1) is 0 Å². The van der Waals surface area contributed by atoms with Crippen LogP contribution in [-0.4, -0.2) is 11.7 Å². The molecule has 1 aliphatic carbocycles. The van der Waals surface area contributed by atoms with Gasteiger partial charge in [-0.05, 0) is 17.2 Å². The van der Waals surface area contributed by atoms with Crippen LogP contribution < -0.4 is 5.32 Å². The van der Waals surface area contributed by atoms with Crippen LogP contribution in [-0.2, 0) is 4.79 Å². The first-order valence-corrected chi connectivity index (χ1v) is 5.51. The van der Waals surface area contributed by atoms with Gasteiger partial charge in [0, 0.05) is 13.3 Å². The van der Waals surface area contributed by atoms with Crippen LogP contribution in [0.1, 0.15) is 18.9 Å². The molecule has 1 amide bonds. The number of alkyl halides is 1. The van der Waals surface area contributed by atoms with E-state index in [9.17, 15) is 9.18 Å². The van der Waals surface area contributed by atoms with Gasteiger partial charge in [0.2, 0.25) is 11.7 Å². The van der Waals surface area contributed by atoms with Gasteiger partial charge >= 0.3 is 0 Å². The summed E-state index contributed by atoms with van der Waals surface area (Å²) in [5, 5.41) is 2.29. The minimum atomic E-state index is -1.75. The molecule has 0 aliphatic heterocycles. The Morgan fingerprint density at radius 1 is 1.35 bits per heavy atom. The molecule has 1 unspecified atom stereocenters. The molecular weight excluding hydrogens is 217 g/mol. The number of carbonyl (C=O) groups is 1. The number of halogens is 1. The second-order valence-corrected chi connectivity index (χ2v) is 4.11. The second kappa shape index (κ2) is 4.53. The highest BCUT2D eigenvalue weighted by Crippen LogP contribution is 2.27. The summed E-state index contributed by atoms with van der Waals surface area (Å²) in [6.07, 6.45) is 5.06. The number of amides is 1. The zero-order chi connectivity index (χ0) is 12.3. The van der Waals surface area contributed by atoms with Crippen molar-refractivity contribution in [3.05, 3.63) is 54.1 Å². The summed E-state index contributed by atoms with van der Waals surface area (Å²) in [5.74, 6) is -2.11. The van der Waals surface area contributed by atoms with Gasteiger partial charge in [-0.25, -0.2) is 4.39 Å². The van der Waals surface area contributed by atoms with Gasteiger partial charge in [0.05, 0.1) is 0 Å². The molecule has 2 rings (SSSR count). The number of carbonyl (C=O) groups excluding carboxylic acids is 1. The van der Waals surface area contributed by atoms with Crippen LogP contribution >= 0.6 is 0 Å². The molecule has 1 N–H and O–H groups in total. The Hall–Kier alpha value is -1.90. The lowest BCUT2D eigenvalue weighted by molar-refractivity contribution is -0.122. The zero-order valence-corrected chi connectivity index (χ0v) is 9.61. The van der Waals surface area contributed by atoms with Crippen LogP contribution in [0.3, 0.4) is 0 Å². The lowest BCUT2D eigenvalue weighted by atomic mass is 9.96. The number of hydrogen-bond donors (Lipinski definition) is 1. The highest BCUT2D eigenvalue weighted by atomic mass is 19.1. The van der Waals surface area contributed by atoms with Crippen molar-refractivity contribution in [3.8, 4) is 0 Å². The number of allylic oxidation sites excluding steroid dienone is 2. The largest absolute Gasteiger partial charge is 0.321 e. The summed E-state index contributed by atoms with van der Waals surface area (Å²) in [4.78, 5) is 10.9. The highest BCUT2D eigenvalue weighted by molar-refractivity contribution is 5.77. The Balaban J connectivity index is 2.14. The first-order chi connectivity index (χ1) is 8.09. The number of nitrogens with one attached hydrogen (secondary N) is 1. The van der Waals surface area contributed by atoms with E-state index >= 15 is 0 Å². The molecule has 1 aromatic carbocycles. The predicted molar refractivity (Wildman–Crippen MR) is 65.8 cm³/mol. The quantitative estimate of drug-likeness (QED) is 0.779. The van der Waals surface area contributed by atoms with Gasteiger partial charge in [0.15, 0.2) is 0 Å². The third-order valence-corrected chi connectivity index (χ3v) is 2.64. The van der Waals surface area contributed by atoms with E-state index in [4.69, 9.17) is 0 Å². The van der Waals surface area contributed by atoms with Gasteiger partial charge < -0.3 is 5.32 Å². The highest BCUT2D eigenvalue weighted by Gasteiger charge is 2.28. The molecule has 0 aromatic heterocycles. The third kappa shape index (κ3) is 2.81. The lowest BCUT2D eigenvalue weighted by Gasteiger charge is -2.24. The van der Waals surface area contributed by atoms with Gasteiger partial charge in [-0.3, -0.25) is 4.79 Å². The lowest BCUT2D eigenvalue weighted by Crippen LogP contribution is -2.42. The molecule has 0 heterocycles. The van der Waals surface area contributed by atoms with Crippen LogP contribution in [0.2, 0.25) is 0 Å². The molecule has 0 saturated heterocycles. The van der Waals surface area contributed by atoms with Gasteiger partial charge in [-0.1, -0.05) is 42.5 Å². The summed E-state index contributed by atoms with van der Waals surface area (Å²) < 4.78 is 14.0. The van der Waals surface area contributed by atoms with Gasteiger partial charge in [-0.15, -0.1) is 0 Å². The van der Waals surface area contributed by atoms with Crippen molar-refractivity contribution in [1.29, 1.82) is 0 Å². The fraction of sp³-hybridized carbons (Fsp3) is 0.214. The van der Waals surface area contributed by atoms with Crippen molar-refractivity contribution in [3.63, 3.8) is 0 Å². The van der Waals surface area contributed by atoms with Crippen molar-refractivity contribution in [2.75, 3.05) is 0 Å². The maximum atomic E-state index is 14.0. The number of hydrogen-bond acceptors (Lipinski definition) is 1. The Kier molecular flexibility index (Phi) is 3.09. The normalized spacial score (nSPS) is 23.1. The number of rotatable bonds is 2. The topological polar surface area (TPSA) is 29.1 Å². The summed E-state index contributed by atoms with van der Waals surface area (Å²) in [6.45, 7) is 1.31. The maximum Gasteiger partial charge on any atom is 0.219 e. The van der Waals surface area contributed by atoms with Crippen molar-refractivity contribution in [2.24, 2.45) is 0 Å². The molecule has 0 fully saturated rings. The fourth-order valence-electron chi connectivity index (χ4n) is 1.85. The summed E-state index contributed by atoms with van der Waals surface area (Å²) in [5.41, 5.74) is 2.03. The summed E-state index contributed by atoms with van der Waals surface area (Å²) in [6, 6.07) is 9.76. The van der Waals surface area contributed by atoms with Crippen molar-refractivity contribution in [2.45, 2.75) is 19.1 Å². The van der Waals surface area contributed by atoms with E-state index in [1.165, 1.54) is 13.0 Å². The molecule has 0 saturated carbocycles.